The van der Waals surface area contributed by atoms with Crippen LogP contribution in [-0.4, -0.2) is 6.54 Å². The average Bonchev–Trinajstić information content (AvgIpc) is 2.86. The van der Waals surface area contributed by atoms with E-state index in [1.165, 1.54) is 18.4 Å². The predicted octanol–water partition coefficient (Wildman–Crippen LogP) is 2.40. The van der Waals surface area contributed by atoms with E-state index in [9.17, 15) is 0 Å². The molecule has 0 aromatic heterocycles. The Kier molecular flexibility index (Phi) is 2.13. The van der Waals surface area contributed by atoms with E-state index in [0.717, 1.165) is 23.8 Å². The lowest BCUT2D eigenvalue weighted by Gasteiger charge is -2.08. The van der Waals surface area contributed by atoms with Gasteiger partial charge < -0.3 is 11.1 Å². The number of anilines is 2. The van der Waals surface area contributed by atoms with Crippen molar-refractivity contribution in [1.82, 2.24) is 0 Å². The fourth-order valence-corrected chi connectivity index (χ4v) is 1.42. The summed E-state index contributed by atoms with van der Waals surface area (Å²) in [5.74, 6) is 0.890. The van der Waals surface area contributed by atoms with Crippen molar-refractivity contribution in [2.45, 2.75) is 19.8 Å². The van der Waals surface area contributed by atoms with Crippen LogP contribution in [0.1, 0.15) is 18.4 Å². The summed E-state index contributed by atoms with van der Waals surface area (Å²) in [7, 11) is 0. The molecule has 0 unspecified atom stereocenters. The first-order valence-corrected chi connectivity index (χ1v) is 4.86. The lowest BCUT2D eigenvalue weighted by atomic mass is 10.2. The van der Waals surface area contributed by atoms with E-state index in [1.807, 2.05) is 6.07 Å². The zero-order valence-electron chi connectivity index (χ0n) is 8.01. The molecule has 70 valence electrons. The SMILES string of the molecule is Cc1ccc(NCC2CC2)c(N)c1. The highest BCUT2D eigenvalue weighted by Crippen LogP contribution is 2.30. The Balaban J connectivity index is 2.01. The van der Waals surface area contributed by atoms with Crippen molar-refractivity contribution in [3.8, 4) is 0 Å². The normalized spacial score (nSPS) is 15.8. The molecule has 13 heavy (non-hydrogen) atoms. The molecular formula is C11H16N2. The molecule has 2 heteroatoms. The van der Waals surface area contributed by atoms with E-state index < -0.39 is 0 Å². The van der Waals surface area contributed by atoms with Gasteiger partial charge in [-0.1, -0.05) is 6.07 Å². The zero-order valence-corrected chi connectivity index (χ0v) is 8.01. The van der Waals surface area contributed by atoms with Gasteiger partial charge in [0.2, 0.25) is 0 Å². The lowest BCUT2D eigenvalue weighted by molar-refractivity contribution is 0.890. The van der Waals surface area contributed by atoms with Crippen LogP contribution < -0.4 is 11.1 Å². The number of benzene rings is 1. The van der Waals surface area contributed by atoms with Crippen LogP contribution >= 0.6 is 0 Å². The predicted molar refractivity (Wildman–Crippen MR) is 56.8 cm³/mol. The van der Waals surface area contributed by atoms with Crippen LogP contribution in [0, 0.1) is 12.8 Å². The van der Waals surface area contributed by atoms with E-state index in [4.69, 9.17) is 5.73 Å². The minimum absolute atomic E-state index is 0.862. The quantitative estimate of drug-likeness (QED) is 0.694. The van der Waals surface area contributed by atoms with Gasteiger partial charge in [-0.15, -0.1) is 0 Å². The maximum Gasteiger partial charge on any atom is 0.0574 e. The Labute approximate surface area is 79.1 Å². The molecule has 0 heterocycles. The molecule has 0 saturated heterocycles. The minimum Gasteiger partial charge on any atom is -0.397 e. The molecule has 0 aliphatic heterocycles. The first-order chi connectivity index (χ1) is 6.25. The van der Waals surface area contributed by atoms with E-state index in [2.05, 4.69) is 24.4 Å². The van der Waals surface area contributed by atoms with Crippen LogP contribution in [0.4, 0.5) is 11.4 Å². The molecule has 2 rings (SSSR count). The van der Waals surface area contributed by atoms with Gasteiger partial charge in [-0.2, -0.15) is 0 Å². The highest BCUT2D eigenvalue weighted by atomic mass is 14.9. The van der Waals surface area contributed by atoms with Crippen LogP contribution in [0.3, 0.4) is 0 Å². The summed E-state index contributed by atoms with van der Waals surface area (Å²) in [4.78, 5) is 0. The fourth-order valence-electron chi connectivity index (χ4n) is 1.42. The van der Waals surface area contributed by atoms with Crippen LogP contribution in [0.5, 0.6) is 0 Å². The summed E-state index contributed by atoms with van der Waals surface area (Å²) in [6.07, 6.45) is 2.75. The van der Waals surface area contributed by atoms with Gasteiger partial charge >= 0.3 is 0 Å². The molecule has 0 radical (unpaired) electrons. The maximum absolute atomic E-state index is 5.87. The number of nitrogen functional groups attached to an aromatic ring is 1. The van der Waals surface area contributed by atoms with Gasteiger partial charge in [0.25, 0.3) is 0 Å². The molecule has 0 atom stereocenters. The molecule has 1 fully saturated rings. The number of hydrogen-bond donors (Lipinski definition) is 2. The third-order valence-corrected chi connectivity index (χ3v) is 2.49. The van der Waals surface area contributed by atoms with E-state index in [1.54, 1.807) is 0 Å². The maximum atomic E-state index is 5.87. The van der Waals surface area contributed by atoms with Gasteiger partial charge in [-0.3, -0.25) is 0 Å². The van der Waals surface area contributed by atoms with Gasteiger partial charge in [0.15, 0.2) is 0 Å². The Hall–Kier alpha value is -1.18. The third kappa shape index (κ3) is 2.14. The highest BCUT2D eigenvalue weighted by Gasteiger charge is 2.20. The number of aryl methyl sites for hydroxylation is 1. The van der Waals surface area contributed by atoms with Crippen molar-refractivity contribution < 1.29 is 0 Å². The van der Waals surface area contributed by atoms with Crippen molar-refractivity contribution in [3.63, 3.8) is 0 Å². The number of nitrogens with two attached hydrogens (primary N) is 1. The Bertz CT molecular complexity index is 303. The molecule has 1 aliphatic rings. The Morgan fingerprint density at radius 3 is 2.85 bits per heavy atom. The van der Waals surface area contributed by atoms with Crippen LogP contribution in [0.25, 0.3) is 0 Å². The second-order valence-corrected chi connectivity index (χ2v) is 3.91. The fraction of sp³-hybridized carbons (Fsp3) is 0.455. The molecule has 1 aliphatic carbocycles. The van der Waals surface area contributed by atoms with E-state index in [0.29, 0.717) is 0 Å². The molecule has 1 saturated carbocycles. The van der Waals surface area contributed by atoms with Crippen LogP contribution in [0.2, 0.25) is 0 Å². The van der Waals surface area contributed by atoms with Gasteiger partial charge in [-0.25, -0.2) is 0 Å². The molecule has 3 N–H and O–H groups in total. The summed E-state index contributed by atoms with van der Waals surface area (Å²) in [6, 6.07) is 6.16. The van der Waals surface area contributed by atoms with Crippen molar-refractivity contribution in [3.05, 3.63) is 23.8 Å². The summed E-state index contributed by atoms with van der Waals surface area (Å²) < 4.78 is 0. The summed E-state index contributed by atoms with van der Waals surface area (Å²) in [5, 5.41) is 3.38. The summed E-state index contributed by atoms with van der Waals surface area (Å²) in [5.41, 5.74) is 9.03. The lowest BCUT2D eigenvalue weighted by Crippen LogP contribution is -2.05. The Morgan fingerprint density at radius 2 is 2.23 bits per heavy atom. The largest absolute Gasteiger partial charge is 0.397 e. The topological polar surface area (TPSA) is 38.0 Å². The molecule has 1 aromatic carbocycles. The van der Waals surface area contributed by atoms with Crippen LogP contribution in [-0.2, 0) is 0 Å². The van der Waals surface area contributed by atoms with Crippen molar-refractivity contribution in [1.29, 1.82) is 0 Å². The van der Waals surface area contributed by atoms with Crippen molar-refractivity contribution in [2.24, 2.45) is 5.92 Å². The zero-order chi connectivity index (χ0) is 9.26. The highest BCUT2D eigenvalue weighted by molar-refractivity contribution is 5.66. The molecule has 0 amide bonds. The first kappa shape index (κ1) is 8.42. The van der Waals surface area contributed by atoms with Gasteiger partial charge in [-0.05, 0) is 43.4 Å². The van der Waals surface area contributed by atoms with Gasteiger partial charge in [0.05, 0.1) is 11.4 Å². The monoisotopic (exact) mass is 176 g/mol. The number of hydrogen-bond acceptors (Lipinski definition) is 2. The second kappa shape index (κ2) is 3.29. The smallest absolute Gasteiger partial charge is 0.0574 e. The number of nitrogens with one attached hydrogen (secondary N) is 1. The molecule has 0 bridgehead atoms. The van der Waals surface area contributed by atoms with Crippen LogP contribution in [0.15, 0.2) is 18.2 Å². The van der Waals surface area contributed by atoms with E-state index >= 15 is 0 Å². The van der Waals surface area contributed by atoms with E-state index in [-0.39, 0.29) is 0 Å². The summed E-state index contributed by atoms with van der Waals surface area (Å²) >= 11 is 0. The molecular weight excluding hydrogens is 160 g/mol. The first-order valence-electron chi connectivity index (χ1n) is 4.86. The minimum atomic E-state index is 0.862. The van der Waals surface area contributed by atoms with Gasteiger partial charge in [0, 0.05) is 6.54 Å². The standard InChI is InChI=1S/C11H16N2/c1-8-2-5-11(10(12)6-8)13-7-9-3-4-9/h2,5-6,9,13H,3-4,7,12H2,1H3. The van der Waals surface area contributed by atoms with Crippen molar-refractivity contribution >= 4 is 11.4 Å². The number of rotatable bonds is 3. The van der Waals surface area contributed by atoms with Crippen molar-refractivity contribution in [2.75, 3.05) is 17.6 Å². The van der Waals surface area contributed by atoms with Gasteiger partial charge in [0.1, 0.15) is 0 Å². The Morgan fingerprint density at radius 1 is 1.46 bits per heavy atom. The second-order valence-electron chi connectivity index (χ2n) is 3.91. The molecule has 0 spiro atoms. The molecule has 1 aromatic rings. The molecule has 2 nitrogen and oxygen atoms in total. The average molecular weight is 176 g/mol. The third-order valence-electron chi connectivity index (χ3n) is 2.49. The summed E-state index contributed by atoms with van der Waals surface area (Å²) in [6.45, 7) is 3.13.